The van der Waals surface area contributed by atoms with Crippen LogP contribution in [0.1, 0.15) is 38.0 Å². The van der Waals surface area contributed by atoms with Crippen LogP contribution in [0, 0.1) is 0 Å². The number of nitrogens with zero attached hydrogens (tertiary/aromatic N) is 3. The van der Waals surface area contributed by atoms with Crippen LogP contribution in [0.5, 0.6) is 0 Å². The molecule has 0 radical (unpaired) electrons. The van der Waals surface area contributed by atoms with E-state index in [4.69, 9.17) is 4.52 Å². The molecule has 1 aliphatic carbocycles. The minimum atomic E-state index is -0.375. The summed E-state index contributed by atoms with van der Waals surface area (Å²) in [7, 11) is 0. The molecule has 2 aliphatic rings. The number of carbonyl (C=O) groups excluding carboxylic acids is 2. The zero-order valence-corrected chi connectivity index (χ0v) is 16.5. The SMILES string of the molecule is O=C(C[C@H]1C(=O)NCCN1C1CCCC1)NCCc1nc(-c2ccccc2)no1. The van der Waals surface area contributed by atoms with Gasteiger partial charge in [0.15, 0.2) is 0 Å². The van der Waals surface area contributed by atoms with Gasteiger partial charge in [-0.3, -0.25) is 14.5 Å². The molecular formula is C21H27N5O3. The topological polar surface area (TPSA) is 100 Å². The second-order valence-electron chi connectivity index (χ2n) is 7.66. The summed E-state index contributed by atoms with van der Waals surface area (Å²) in [6.45, 7) is 1.87. The van der Waals surface area contributed by atoms with E-state index in [1.807, 2.05) is 30.3 Å². The van der Waals surface area contributed by atoms with Gasteiger partial charge in [-0.15, -0.1) is 0 Å². The van der Waals surface area contributed by atoms with Crippen LogP contribution in [0.25, 0.3) is 11.4 Å². The number of rotatable bonds is 7. The molecule has 0 spiro atoms. The van der Waals surface area contributed by atoms with Crippen LogP contribution in [0.15, 0.2) is 34.9 Å². The van der Waals surface area contributed by atoms with Gasteiger partial charge in [0.2, 0.25) is 23.5 Å². The molecule has 2 fully saturated rings. The summed E-state index contributed by atoms with van der Waals surface area (Å²) in [5, 5.41) is 9.77. The highest BCUT2D eigenvalue weighted by Crippen LogP contribution is 2.26. The number of carbonyl (C=O) groups is 2. The molecule has 154 valence electrons. The first kappa shape index (κ1) is 19.6. The van der Waals surface area contributed by atoms with E-state index < -0.39 is 0 Å². The number of hydrogen-bond acceptors (Lipinski definition) is 6. The third-order valence-corrected chi connectivity index (χ3v) is 5.71. The third kappa shape index (κ3) is 4.82. The van der Waals surface area contributed by atoms with Gasteiger partial charge >= 0.3 is 0 Å². The lowest BCUT2D eigenvalue weighted by atomic mass is 10.0. The van der Waals surface area contributed by atoms with Gasteiger partial charge in [0.1, 0.15) is 0 Å². The van der Waals surface area contributed by atoms with E-state index in [2.05, 4.69) is 25.7 Å². The van der Waals surface area contributed by atoms with Crippen molar-refractivity contribution in [3.63, 3.8) is 0 Å². The van der Waals surface area contributed by atoms with E-state index in [9.17, 15) is 9.59 Å². The summed E-state index contributed by atoms with van der Waals surface area (Å²) in [5.41, 5.74) is 0.891. The highest BCUT2D eigenvalue weighted by atomic mass is 16.5. The van der Waals surface area contributed by atoms with Gasteiger partial charge in [-0.25, -0.2) is 0 Å². The zero-order valence-electron chi connectivity index (χ0n) is 16.5. The average Bonchev–Trinajstić information content (AvgIpc) is 3.42. The number of benzene rings is 1. The largest absolute Gasteiger partial charge is 0.356 e. The van der Waals surface area contributed by atoms with Crippen molar-refractivity contribution in [1.82, 2.24) is 25.7 Å². The number of hydrogen-bond donors (Lipinski definition) is 2. The van der Waals surface area contributed by atoms with Gasteiger partial charge in [0, 0.05) is 37.7 Å². The average molecular weight is 397 g/mol. The van der Waals surface area contributed by atoms with Gasteiger partial charge in [0.25, 0.3) is 0 Å². The van der Waals surface area contributed by atoms with Crippen molar-refractivity contribution < 1.29 is 14.1 Å². The monoisotopic (exact) mass is 397 g/mol. The molecule has 1 aromatic carbocycles. The van der Waals surface area contributed by atoms with Crippen molar-refractivity contribution in [2.24, 2.45) is 0 Å². The molecule has 1 aliphatic heterocycles. The predicted molar refractivity (Wildman–Crippen MR) is 107 cm³/mol. The second kappa shape index (κ2) is 9.17. The van der Waals surface area contributed by atoms with E-state index in [0.29, 0.717) is 37.3 Å². The number of piperazine rings is 1. The molecule has 8 nitrogen and oxygen atoms in total. The van der Waals surface area contributed by atoms with Crippen molar-refractivity contribution >= 4 is 11.8 Å². The van der Waals surface area contributed by atoms with Gasteiger partial charge in [-0.1, -0.05) is 48.3 Å². The Morgan fingerprint density at radius 2 is 2.03 bits per heavy atom. The fourth-order valence-electron chi connectivity index (χ4n) is 4.23. The first-order valence-electron chi connectivity index (χ1n) is 10.4. The van der Waals surface area contributed by atoms with Crippen LogP contribution < -0.4 is 10.6 Å². The quantitative estimate of drug-likeness (QED) is 0.735. The molecule has 0 unspecified atom stereocenters. The molecule has 1 saturated carbocycles. The first-order chi connectivity index (χ1) is 14.2. The molecule has 1 saturated heterocycles. The molecule has 2 heterocycles. The van der Waals surface area contributed by atoms with Crippen LogP contribution >= 0.6 is 0 Å². The van der Waals surface area contributed by atoms with Crippen LogP contribution in [0.2, 0.25) is 0 Å². The van der Waals surface area contributed by atoms with E-state index in [0.717, 1.165) is 24.9 Å². The van der Waals surface area contributed by atoms with E-state index in [1.165, 1.54) is 12.8 Å². The van der Waals surface area contributed by atoms with Gasteiger partial charge in [-0.2, -0.15) is 4.98 Å². The molecule has 1 aromatic heterocycles. The predicted octanol–water partition coefficient (Wildman–Crippen LogP) is 1.53. The molecule has 1 atom stereocenters. The van der Waals surface area contributed by atoms with Crippen LogP contribution in [-0.4, -0.2) is 58.6 Å². The Morgan fingerprint density at radius 1 is 1.24 bits per heavy atom. The molecule has 4 rings (SSSR count). The molecular weight excluding hydrogens is 370 g/mol. The van der Waals surface area contributed by atoms with Crippen molar-refractivity contribution in [1.29, 1.82) is 0 Å². The minimum absolute atomic E-state index is 0.0392. The molecule has 2 amide bonds. The third-order valence-electron chi connectivity index (χ3n) is 5.71. The minimum Gasteiger partial charge on any atom is -0.356 e. The fourth-order valence-corrected chi connectivity index (χ4v) is 4.23. The number of aromatic nitrogens is 2. The summed E-state index contributed by atoms with van der Waals surface area (Å²) < 4.78 is 5.27. The molecule has 29 heavy (non-hydrogen) atoms. The van der Waals surface area contributed by atoms with E-state index in [1.54, 1.807) is 0 Å². The lowest BCUT2D eigenvalue weighted by molar-refractivity contribution is -0.135. The molecule has 8 heteroatoms. The Bertz CT molecular complexity index is 832. The van der Waals surface area contributed by atoms with Gasteiger partial charge in [0.05, 0.1) is 12.5 Å². The van der Waals surface area contributed by atoms with Crippen molar-refractivity contribution in [2.45, 2.75) is 50.6 Å². The van der Waals surface area contributed by atoms with Crippen molar-refractivity contribution in [3.05, 3.63) is 36.2 Å². The standard InChI is InChI=1S/C21H27N5O3/c27-18(14-17-21(28)23-12-13-26(17)16-8-4-5-9-16)22-11-10-19-24-20(25-29-19)15-6-2-1-3-7-15/h1-3,6-7,16-17H,4-5,8-14H2,(H,22,27)(H,23,28)/t17-/m0/s1. The van der Waals surface area contributed by atoms with Crippen LogP contribution in [-0.2, 0) is 16.0 Å². The summed E-state index contributed by atoms with van der Waals surface area (Å²) in [6.07, 6.45) is 5.28. The van der Waals surface area contributed by atoms with Crippen LogP contribution in [0.3, 0.4) is 0 Å². The van der Waals surface area contributed by atoms with Gasteiger partial charge in [-0.05, 0) is 12.8 Å². The fraction of sp³-hybridized carbons (Fsp3) is 0.524. The van der Waals surface area contributed by atoms with Gasteiger partial charge < -0.3 is 15.2 Å². The maximum absolute atomic E-state index is 12.4. The maximum atomic E-state index is 12.4. The summed E-state index contributed by atoms with van der Waals surface area (Å²) in [5.74, 6) is 0.853. The van der Waals surface area contributed by atoms with Crippen molar-refractivity contribution in [3.8, 4) is 11.4 Å². The molecule has 2 N–H and O–H groups in total. The Labute approximate surface area is 170 Å². The highest BCUT2D eigenvalue weighted by Gasteiger charge is 2.36. The van der Waals surface area contributed by atoms with Crippen molar-refractivity contribution in [2.75, 3.05) is 19.6 Å². The van der Waals surface area contributed by atoms with E-state index in [-0.39, 0.29) is 24.3 Å². The Kier molecular flexibility index (Phi) is 6.19. The summed E-state index contributed by atoms with van der Waals surface area (Å²) in [6, 6.07) is 9.65. The number of amides is 2. The Balaban J connectivity index is 1.27. The van der Waals surface area contributed by atoms with E-state index >= 15 is 0 Å². The lowest BCUT2D eigenvalue weighted by Crippen LogP contribution is -2.59. The highest BCUT2D eigenvalue weighted by molar-refractivity contribution is 5.88. The number of nitrogens with one attached hydrogen (secondary N) is 2. The Morgan fingerprint density at radius 3 is 2.83 bits per heavy atom. The summed E-state index contributed by atoms with van der Waals surface area (Å²) >= 11 is 0. The first-order valence-corrected chi connectivity index (χ1v) is 10.4. The molecule has 2 aromatic rings. The lowest BCUT2D eigenvalue weighted by Gasteiger charge is -2.38. The van der Waals surface area contributed by atoms with Crippen LogP contribution in [0.4, 0.5) is 0 Å². The normalized spacial score (nSPS) is 20.6. The molecule has 0 bridgehead atoms. The smallest absolute Gasteiger partial charge is 0.237 e. The zero-order chi connectivity index (χ0) is 20.1. The maximum Gasteiger partial charge on any atom is 0.237 e. The Hall–Kier alpha value is -2.74. The second-order valence-corrected chi connectivity index (χ2v) is 7.66. The summed E-state index contributed by atoms with van der Waals surface area (Å²) in [4.78, 5) is 31.4.